The molecule has 0 radical (unpaired) electrons. The Kier molecular flexibility index (Phi) is 7.96. The van der Waals surface area contributed by atoms with Crippen molar-refractivity contribution in [1.29, 1.82) is 0 Å². The maximum atomic E-state index is 12.9. The molecule has 0 heterocycles. The van der Waals surface area contributed by atoms with Crippen molar-refractivity contribution in [1.82, 2.24) is 0 Å². The van der Waals surface area contributed by atoms with Gasteiger partial charge in [-0.05, 0) is 123 Å². The molecule has 0 saturated heterocycles. The van der Waals surface area contributed by atoms with Crippen LogP contribution in [0.25, 0.3) is 0 Å². The number of hydrogen-bond donors (Lipinski definition) is 1. The van der Waals surface area contributed by atoms with Gasteiger partial charge in [-0.25, -0.2) is 0 Å². The zero-order valence-electron chi connectivity index (χ0n) is 24.7. The van der Waals surface area contributed by atoms with Crippen molar-refractivity contribution < 1.29 is 22.7 Å². The van der Waals surface area contributed by atoms with Gasteiger partial charge in [-0.3, -0.25) is 0 Å². The highest BCUT2D eigenvalue weighted by Gasteiger charge is 2.59. The highest BCUT2D eigenvalue weighted by molar-refractivity contribution is 6.74. The summed E-state index contributed by atoms with van der Waals surface area (Å²) in [7, 11) is -1.78. The number of fused-ring (bicyclic) bond motifs is 5. The molecule has 3 saturated carbocycles. The second kappa shape index (κ2) is 9.94. The van der Waals surface area contributed by atoms with E-state index in [0.717, 1.165) is 31.6 Å². The predicted molar refractivity (Wildman–Crippen MR) is 148 cm³/mol. The number of halogens is 3. The van der Waals surface area contributed by atoms with Crippen molar-refractivity contribution in [3.05, 3.63) is 11.6 Å². The predicted octanol–water partition coefficient (Wildman–Crippen LogP) is 9.30. The van der Waals surface area contributed by atoms with Gasteiger partial charge in [-0.15, -0.1) is 0 Å². The normalized spacial score (nSPS) is 40.3. The molecule has 9 unspecified atom stereocenters. The van der Waals surface area contributed by atoms with Crippen molar-refractivity contribution in [3.63, 3.8) is 0 Å². The molecule has 0 amide bonds. The second-order valence-electron chi connectivity index (χ2n) is 15.3. The van der Waals surface area contributed by atoms with E-state index in [1.807, 2.05) is 0 Å². The second-order valence-corrected chi connectivity index (χ2v) is 20.1. The fraction of sp³-hybridized carbons (Fsp3) is 0.935. The van der Waals surface area contributed by atoms with Gasteiger partial charge in [0.05, 0.1) is 0 Å². The lowest BCUT2D eigenvalue weighted by molar-refractivity contribution is -0.206. The summed E-state index contributed by atoms with van der Waals surface area (Å²) >= 11 is 0. The smallest absolute Gasteiger partial charge is 0.414 e. The summed E-state index contributed by atoms with van der Waals surface area (Å²) in [6.45, 7) is 18.8. The lowest BCUT2D eigenvalue weighted by Gasteiger charge is -2.59. The minimum Gasteiger partial charge on any atom is -0.414 e. The molecule has 0 aromatic carbocycles. The lowest BCUT2D eigenvalue weighted by atomic mass is 9.47. The van der Waals surface area contributed by atoms with E-state index >= 15 is 0 Å². The van der Waals surface area contributed by atoms with E-state index in [2.05, 4.69) is 60.7 Å². The molecule has 6 heteroatoms. The standard InChI is InChI=1S/C31H53F3O2Si/c1-20(9-14-27(35)31(32,33)34)24-12-13-25-23-11-10-21-19-22(36-37(7,8)28(2,3)4)15-17-29(21,5)26(23)16-18-30(24,25)6/h10,20,22-27,35H,9,11-19H2,1-8H3. The Morgan fingerprint density at radius 3 is 2.32 bits per heavy atom. The third-order valence-electron chi connectivity index (χ3n) is 12.4. The van der Waals surface area contributed by atoms with Crippen LogP contribution in [-0.4, -0.2) is 31.8 Å². The number of alkyl halides is 3. The monoisotopic (exact) mass is 542 g/mol. The van der Waals surface area contributed by atoms with Gasteiger partial charge in [-0.1, -0.05) is 53.2 Å². The van der Waals surface area contributed by atoms with Crippen molar-refractivity contribution >= 4 is 8.32 Å². The average Bonchev–Trinajstić information content (AvgIpc) is 3.13. The first-order valence-electron chi connectivity index (χ1n) is 15.0. The van der Waals surface area contributed by atoms with Gasteiger partial charge in [0.15, 0.2) is 8.32 Å². The van der Waals surface area contributed by atoms with Gasteiger partial charge in [0, 0.05) is 6.10 Å². The topological polar surface area (TPSA) is 29.5 Å². The van der Waals surface area contributed by atoms with Crippen molar-refractivity contribution in [2.24, 2.45) is 40.4 Å². The molecule has 0 aliphatic heterocycles. The van der Waals surface area contributed by atoms with Crippen LogP contribution in [0.4, 0.5) is 13.2 Å². The summed E-state index contributed by atoms with van der Waals surface area (Å²) in [6, 6.07) is 0. The Morgan fingerprint density at radius 1 is 1.03 bits per heavy atom. The average molecular weight is 543 g/mol. The highest BCUT2D eigenvalue weighted by atomic mass is 28.4. The summed E-state index contributed by atoms with van der Waals surface area (Å²) in [4.78, 5) is 0. The first-order chi connectivity index (χ1) is 16.9. The van der Waals surface area contributed by atoms with Gasteiger partial charge in [0.2, 0.25) is 0 Å². The highest BCUT2D eigenvalue weighted by Crippen LogP contribution is 2.67. The van der Waals surface area contributed by atoms with E-state index in [9.17, 15) is 18.3 Å². The minimum absolute atomic E-state index is 0.170. The number of aliphatic hydroxyl groups excluding tert-OH is 1. The van der Waals surface area contributed by atoms with Crippen LogP contribution in [0, 0.1) is 40.4 Å². The molecule has 1 N–H and O–H groups in total. The number of allylic oxidation sites excluding steroid dienone is 1. The van der Waals surface area contributed by atoms with E-state index in [4.69, 9.17) is 4.43 Å². The summed E-state index contributed by atoms with van der Waals surface area (Å²) in [5.74, 6) is 2.77. The lowest BCUT2D eigenvalue weighted by Crippen LogP contribution is -2.52. The fourth-order valence-electron chi connectivity index (χ4n) is 9.08. The molecule has 2 nitrogen and oxygen atoms in total. The summed E-state index contributed by atoms with van der Waals surface area (Å²) in [6.07, 6.45) is 5.96. The molecule has 0 aromatic rings. The molecule has 4 aliphatic carbocycles. The van der Waals surface area contributed by atoms with Crippen molar-refractivity contribution in [3.8, 4) is 0 Å². The minimum atomic E-state index is -4.50. The molecular formula is C31H53F3O2Si. The van der Waals surface area contributed by atoms with Crippen LogP contribution in [-0.2, 0) is 4.43 Å². The molecular weight excluding hydrogens is 489 g/mol. The first-order valence-corrected chi connectivity index (χ1v) is 17.9. The fourth-order valence-corrected chi connectivity index (χ4v) is 10.5. The quantitative estimate of drug-likeness (QED) is 0.268. The zero-order valence-corrected chi connectivity index (χ0v) is 25.7. The molecule has 214 valence electrons. The summed E-state index contributed by atoms with van der Waals surface area (Å²) in [5, 5.41) is 9.78. The van der Waals surface area contributed by atoms with E-state index in [1.54, 1.807) is 5.57 Å². The molecule has 4 rings (SSSR count). The molecule has 37 heavy (non-hydrogen) atoms. The first kappa shape index (κ1) is 29.6. The van der Waals surface area contributed by atoms with Gasteiger partial charge in [0.25, 0.3) is 0 Å². The largest absolute Gasteiger partial charge is 0.414 e. The Morgan fingerprint density at radius 2 is 1.70 bits per heavy atom. The van der Waals surface area contributed by atoms with Crippen LogP contribution in [0.2, 0.25) is 18.1 Å². The Bertz CT molecular complexity index is 861. The van der Waals surface area contributed by atoms with Crippen LogP contribution >= 0.6 is 0 Å². The third kappa shape index (κ3) is 5.38. The SMILES string of the molecule is CC(CCC(O)C(F)(F)F)C1CCC2C3CC=C4CC(O[Si](C)(C)C(C)(C)C)CCC4(C)C3CCC12C. The molecule has 3 fully saturated rings. The van der Waals surface area contributed by atoms with Gasteiger partial charge in [0.1, 0.15) is 6.10 Å². The van der Waals surface area contributed by atoms with Crippen LogP contribution in [0.1, 0.15) is 106 Å². The molecule has 0 bridgehead atoms. The molecule has 0 spiro atoms. The van der Waals surface area contributed by atoms with Crippen LogP contribution in [0.15, 0.2) is 11.6 Å². The maximum Gasteiger partial charge on any atom is 0.414 e. The summed E-state index contributed by atoms with van der Waals surface area (Å²) in [5.41, 5.74) is 2.14. The van der Waals surface area contributed by atoms with Crippen molar-refractivity contribution in [2.45, 2.75) is 142 Å². The van der Waals surface area contributed by atoms with Crippen LogP contribution in [0.3, 0.4) is 0 Å². The zero-order chi connectivity index (χ0) is 27.6. The van der Waals surface area contributed by atoms with Gasteiger partial charge in [-0.2, -0.15) is 13.2 Å². The maximum absolute atomic E-state index is 12.9. The van der Waals surface area contributed by atoms with Crippen molar-refractivity contribution in [2.75, 3.05) is 0 Å². The van der Waals surface area contributed by atoms with E-state index in [-0.39, 0.29) is 28.2 Å². The number of rotatable bonds is 6. The third-order valence-corrected chi connectivity index (χ3v) is 16.9. The van der Waals surface area contributed by atoms with E-state index < -0.39 is 20.6 Å². The van der Waals surface area contributed by atoms with Gasteiger partial charge < -0.3 is 9.53 Å². The number of hydrogen-bond acceptors (Lipinski definition) is 2. The Labute approximate surface area is 225 Å². The molecule has 4 aliphatic rings. The molecule has 9 atom stereocenters. The van der Waals surface area contributed by atoms with Crippen LogP contribution in [0.5, 0.6) is 0 Å². The van der Waals surface area contributed by atoms with E-state index in [1.165, 1.54) is 25.7 Å². The molecule has 0 aromatic heterocycles. The van der Waals surface area contributed by atoms with E-state index in [0.29, 0.717) is 30.3 Å². The van der Waals surface area contributed by atoms with Gasteiger partial charge >= 0.3 is 6.18 Å². The van der Waals surface area contributed by atoms with Crippen LogP contribution < -0.4 is 0 Å². The summed E-state index contributed by atoms with van der Waals surface area (Å²) < 4.78 is 45.5. The Balaban J connectivity index is 1.45. The Hall–Kier alpha value is -0.333. The number of aliphatic hydroxyl groups is 1.